The van der Waals surface area contributed by atoms with Gasteiger partial charge in [0, 0.05) is 42.7 Å². The summed E-state index contributed by atoms with van der Waals surface area (Å²) in [7, 11) is 3.76. The summed E-state index contributed by atoms with van der Waals surface area (Å²) in [6.07, 6.45) is 5.56. The van der Waals surface area contributed by atoms with E-state index in [4.69, 9.17) is 0 Å². The highest BCUT2D eigenvalue weighted by Gasteiger charge is 2.29. The van der Waals surface area contributed by atoms with Crippen LogP contribution in [0.3, 0.4) is 0 Å². The summed E-state index contributed by atoms with van der Waals surface area (Å²) in [5.74, 6) is 0.299. The van der Waals surface area contributed by atoms with Crippen molar-refractivity contribution in [3.8, 4) is 0 Å². The number of pyridine rings is 1. The predicted octanol–water partition coefficient (Wildman–Crippen LogP) is 2.46. The number of fused-ring (bicyclic) bond motifs is 1. The zero-order chi connectivity index (χ0) is 18.1. The molecule has 1 amide bonds. The van der Waals surface area contributed by atoms with E-state index in [2.05, 4.69) is 23.9 Å². The number of aromatic nitrogens is 3. The molecule has 0 radical (unpaired) electrons. The van der Waals surface area contributed by atoms with Crippen molar-refractivity contribution >= 4 is 5.91 Å². The predicted molar refractivity (Wildman–Crippen MR) is 96.6 cm³/mol. The Labute approximate surface area is 147 Å². The van der Waals surface area contributed by atoms with Gasteiger partial charge in [-0.05, 0) is 37.7 Å². The number of nitrogens with one attached hydrogen (secondary N) is 1. The molecule has 1 N–H and O–H groups in total. The van der Waals surface area contributed by atoms with Gasteiger partial charge < -0.3 is 9.88 Å². The van der Waals surface area contributed by atoms with E-state index in [0.717, 1.165) is 36.9 Å². The van der Waals surface area contributed by atoms with Crippen molar-refractivity contribution in [2.45, 2.75) is 45.6 Å². The minimum atomic E-state index is -0.222. The van der Waals surface area contributed by atoms with Crippen molar-refractivity contribution in [2.75, 3.05) is 7.05 Å². The molecule has 0 saturated carbocycles. The molecule has 134 valence electrons. The molecule has 0 spiro atoms. The number of aromatic amines is 1. The van der Waals surface area contributed by atoms with Gasteiger partial charge in [-0.1, -0.05) is 13.8 Å². The summed E-state index contributed by atoms with van der Waals surface area (Å²) >= 11 is 0. The first-order chi connectivity index (χ1) is 11.9. The van der Waals surface area contributed by atoms with Gasteiger partial charge in [-0.15, -0.1) is 0 Å². The Morgan fingerprint density at radius 3 is 2.92 bits per heavy atom. The molecule has 2 aromatic heterocycles. The van der Waals surface area contributed by atoms with E-state index >= 15 is 0 Å². The highest BCUT2D eigenvalue weighted by molar-refractivity contribution is 5.94. The molecule has 0 aromatic carbocycles. The average molecular weight is 342 g/mol. The van der Waals surface area contributed by atoms with E-state index in [-0.39, 0.29) is 17.5 Å². The van der Waals surface area contributed by atoms with Crippen LogP contribution in [0.15, 0.2) is 23.1 Å². The van der Waals surface area contributed by atoms with Gasteiger partial charge in [-0.25, -0.2) is 0 Å². The van der Waals surface area contributed by atoms with Crippen molar-refractivity contribution < 1.29 is 4.79 Å². The second-order valence-corrected chi connectivity index (χ2v) is 7.35. The number of hydrogen-bond acceptors (Lipinski definition) is 3. The second-order valence-electron chi connectivity index (χ2n) is 7.35. The fraction of sp³-hybridized carbons (Fsp3) is 0.526. The quantitative estimate of drug-likeness (QED) is 0.928. The summed E-state index contributed by atoms with van der Waals surface area (Å²) < 4.78 is 1.90. The third-order valence-electron chi connectivity index (χ3n) is 4.91. The van der Waals surface area contributed by atoms with Crippen LogP contribution in [0.1, 0.15) is 60.0 Å². The van der Waals surface area contributed by atoms with Crippen molar-refractivity contribution in [1.29, 1.82) is 0 Å². The Balaban J connectivity index is 1.89. The topological polar surface area (TPSA) is 71.0 Å². The maximum absolute atomic E-state index is 13.0. The Morgan fingerprint density at radius 1 is 1.44 bits per heavy atom. The van der Waals surface area contributed by atoms with Crippen molar-refractivity contribution in [3.05, 3.63) is 51.2 Å². The van der Waals surface area contributed by atoms with E-state index in [1.807, 2.05) is 31.0 Å². The summed E-state index contributed by atoms with van der Waals surface area (Å²) in [5.41, 5.74) is 3.36. The Morgan fingerprint density at radius 2 is 2.20 bits per heavy atom. The largest absolute Gasteiger partial charge is 0.335 e. The van der Waals surface area contributed by atoms with Crippen LogP contribution in [0.4, 0.5) is 0 Å². The number of rotatable bonds is 4. The number of carbonyl (C=O) groups excluding carboxylic acids is 1. The van der Waals surface area contributed by atoms with Crippen LogP contribution in [-0.2, 0) is 19.9 Å². The molecule has 0 saturated heterocycles. The summed E-state index contributed by atoms with van der Waals surface area (Å²) in [4.78, 5) is 29.5. The molecule has 3 rings (SSSR count). The van der Waals surface area contributed by atoms with E-state index in [0.29, 0.717) is 11.5 Å². The fourth-order valence-electron chi connectivity index (χ4n) is 3.70. The normalized spacial score (nSPS) is 16.8. The average Bonchev–Trinajstić information content (AvgIpc) is 2.94. The molecule has 2 heterocycles. The third kappa shape index (κ3) is 3.52. The van der Waals surface area contributed by atoms with Gasteiger partial charge >= 0.3 is 0 Å². The molecule has 1 aliphatic rings. The first-order valence-corrected chi connectivity index (χ1v) is 8.88. The van der Waals surface area contributed by atoms with E-state index in [1.54, 1.807) is 4.90 Å². The number of hydrogen-bond donors (Lipinski definition) is 1. The lowest BCUT2D eigenvalue weighted by atomic mass is 9.91. The standard InChI is InChI=1S/C19H26N4O2/c1-12(2)8-14-9-13(10-18(24)21-14)19(25)22(3)16-6-5-7-17-15(16)11-20-23(17)4/h9-12,16H,5-8H2,1-4H3,(H,21,24)/t16-/m1/s1. The first kappa shape index (κ1) is 17.5. The zero-order valence-corrected chi connectivity index (χ0v) is 15.4. The molecular weight excluding hydrogens is 316 g/mol. The van der Waals surface area contributed by atoms with Crippen LogP contribution in [-0.4, -0.2) is 32.6 Å². The van der Waals surface area contributed by atoms with E-state index < -0.39 is 0 Å². The number of carbonyl (C=O) groups is 1. The van der Waals surface area contributed by atoms with Gasteiger partial charge in [0.1, 0.15) is 0 Å². The number of nitrogens with zero attached hydrogens (tertiary/aromatic N) is 3. The molecule has 25 heavy (non-hydrogen) atoms. The maximum Gasteiger partial charge on any atom is 0.254 e. The molecule has 0 unspecified atom stereocenters. The lowest BCUT2D eigenvalue weighted by molar-refractivity contribution is 0.0714. The second kappa shape index (κ2) is 6.86. The van der Waals surface area contributed by atoms with Crippen molar-refractivity contribution in [3.63, 3.8) is 0 Å². The first-order valence-electron chi connectivity index (χ1n) is 8.88. The van der Waals surface area contributed by atoms with Gasteiger partial charge in [0.25, 0.3) is 5.91 Å². The highest BCUT2D eigenvalue weighted by atomic mass is 16.2. The van der Waals surface area contributed by atoms with Crippen LogP contribution in [0.25, 0.3) is 0 Å². The van der Waals surface area contributed by atoms with Crippen LogP contribution >= 0.6 is 0 Å². The smallest absolute Gasteiger partial charge is 0.254 e. The van der Waals surface area contributed by atoms with Crippen molar-refractivity contribution in [2.24, 2.45) is 13.0 Å². The SMILES string of the molecule is CC(C)Cc1cc(C(=O)N(C)[C@@H]2CCCc3c2cnn3C)cc(=O)[nH]1. The summed E-state index contributed by atoms with van der Waals surface area (Å²) in [5, 5.41) is 4.35. The molecule has 6 nitrogen and oxygen atoms in total. The minimum Gasteiger partial charge on any atom is -0.335 e. The van der Waals surface area contributed by atoms with Crippen LogP contribution in [0, 0.1) is 5.92 Å². The lowest BCUT2D eigenvalue weighted by Crippen LogP contribution is -2.34. The van der Waals surface area contributed by atoms with Crippen LogP contribution in [0.2, 0.25) is 0 Å². The fourth-order valence-corrected chi connectivity index (χ4v) is 3.70. The Kier molecular flexibility index (Phi) is 4.79. The Hall–Kier alpha value is -2.37. The van der Waals surface area contributed by atoms with Gasteiger partial charge in [0.05, 0.1) is 12.2 Å². The zero-order valence-electron chi connectivity index (χ0n) is 15.4. The molecule has 2 aromatic rings. The maximum atomic E-state index is 13.0. The van der Waals surface area contributed by atoms with Crippen molar-refractivity contribution in [1.82, 2.24) is 19.7 Å². The summed E-state index contributed by atoms with van der Waals surface area (Å²) in [6, 6.07) is 3.22. The molecule has 6 heteroatoms. The number of amides is 1. The van der Waals surface area contributed by atoms with Gasteiger partial charge in [-0.2, -0.15) is 5.10 Å². The number of H-pyrrole nitrogens is 1. The molecule has 1 aliphatic carbocycles. The van der Waals surface area contributed by atoms with Gasteiger partial charge in [-0.3, -0.25) is 14.3 Å². The molecule has 0 fully saturated rings. The number of aryl methyl sites for hydroxylation is 1. The lowest BCUT2D eigenvalue weighted by Gasteiger charge is -2.31. The molecule has 0 bridgehead atoms. The van der Waals surface area contributed by atoms with Gasteiger partial charge in [0.2, 0.25) is 5.56 Å². The Bertz CT molecular complexity index is 834. The van der Waals surface area contributed by atoms with E-state index in [9.17, 15) is 9.59 Å². The summed E-state index contributed by atoms with van der Waals surface area (Å²) in [6.45, 7) is 4.18. The monoisotopic (exact) mass is 342 g/mol. The third-order valence-corrected chi connectivity index (χ3v) is 4.91. The molecular formula is C19H26N4O2. The minimum absolute atomic E-state index is 0.0118. The van der Waals surface area contributed by atoms with Crippen LogP contribution in [0.5, 0.6) is 0 Å². The van der Waals surface area contributed by atoms with Gasteiger partial charge in [0.15, 0.2) is 0 Å². The highest BCUT2D eigenvalue weighted by Crippen LogP contribution is 2.33. The van der Waals surface area contributed by atoms with E-state index in [1.165, 1.54) is 11.8 Å². The molecule has 1 atom stereocenters. The molecule has 0 aliphatic heterocycles. The van der Waals surface area contributed by atoms with Crippen LogP contribution < -0.4 is 5.56 Å².